The zero-order valence-corrected chi connectivity index (χ0v) is 18.6. The van der Waals surface area contributed by atoms with Gasteiger partial charge in [0.25, 0.3) is 0 Å². The Kier molecular flexibility index (Phi) is 5.99. The minimum absolute atomic E-state index is 0.0440. The maximum absolute atomic E-state index is 13.3. The van der Waals surface area contributed by atoms with Gasteiger partial charge in [0.15, 0.2) is 0 Å². The van der Waals surface area contributed by atoms with Crippen LogP contribution in [0.5, 0.6) is 0 Å². The van der Waals surface area contributed by atoms with E-state index < -0.39 is 0 Å². The van der Waals surface area contributed by atoms with Crippen molar-refractivity contribution in [3.63, 3.8) is 0 Å². The van der Waals surface area contributed by atoms with Crippen molar-refractivity contribution in [3.8, 4) is 0 Å². The van der Waals surface area contributed by atoms with Crippen LogP contribution in [0.3, 0.4) is 0 Å². The van der Waals surface area contributed by atoms with Crippen LogP contribution in [-0.4, -0.2) is 40.2 Å². The second-order valence-electron chi connectivity index (χ2n) is 9.54. The molecule has 0 radical (unpaired) electrons. The van der Waals surface area contributed by atoms with Crippen LogP contribution in [0.15, 0.2) is 42.5 Å². The highest BCUT2D eigenvalue weighted by Gasteiger charge is 2.42. The van der Waals surface area contributed by atoms with Crippen molar-refractivity contribution in [3.05, 3.63) is 70.5 Å². The van der Waals surface area contributed by atoms with E-state index in [1.165, 1.54) is 36.1 Å². The maximum atomic E-state index is 13.3. The molecule has 0 saturated carbocycles. The lowest BCUT2D eigenvalue weighted by Crippen LogP contribution is -2.47. The van der Waals surface area contributed by atoms with Gasteiger partial charge in [-0.25, -0.2) is 4.39 Å². The summed E-state index contributed by atoms with van der Waals surface area (Å²) in [5.74, 6) is 0.0452. The van der Waals surface area contributed by atoms with Gasteiger partial charge in [-0.05, 0) is 79.3 Å². The molecule has 2 saturated heterocycles. The first-order chi connectivity index (χ1) is 15.6. The van der Waals surface area contributed by atoms with Gasteiger partial charge in [-0.2, -0.15) is 0 Å². The van der Waals surface area contributed by atoms with E-state index >= 15 is 0 Å². The van der Waals surface area contributed by atoms with Crippen molar-refractivity contribution >= 4 is 11.8 Å². The molecule has 2 amide bonds. The Labute approximate surface area is 189 Å². The second kappa shape index (κ2) is 9.05. The van der Waals surface area contributed by atoms with Crippen LogP contribution >= 0.6 is 0 Å². The topological polar surface area (TPSA) is 40.6 Å². The highest BCUT2D eigenvalue weighted by atomic mass is 19.1. The lowest BCUT2D eigenvalue weighted by molar-refractivity contribution is -0.136. The third kappa shape index (κ3) is 4.30. The molecule has 0 N–H and O–H groups in total. The Balaban J connectivity index is 1.30. The van der Waals surface area contributed by atoms with E-state index in [1.54, 1.807) is 12.1 Å². The van der Waals surface area contributed by atoms with Gasteiger partial charge < -0.3 is 9.80 Å². The summed E-state index contributed by atoms with van der Waals surface area (Å²) in [6, 6.07) is 13.1. The summed E-state index contributed by atoms with van der Waals surface area (Å²) in [5.41, 5.74) is 4.88. The molecular formula is C27H31FN2O2. The average molecular weight is 435 g/mol. The number of carbonyl (C=O) groups excluding carboxylic acids is 2. The predicted octanol–water partition coefficient (Wildman–Crippen LogP) is 4.43. The molecule has 2 aromatic rings. The summed E-state index contributed by atoms with van der Waals surface area (Å²) in [6.45, 7) is 1.18. The lowest BCUT2D eigenvalue weighted by atomic mass is 9.90. The summed E-state index contributed by atoms with van der Waals surface area (Å²) < 4.78 is 13.3. The fourth-order valence-electron chi connectivity index (χ4n) is 5.81. The van der Waals surface area contributed by atoms with E-state index in [9.17, 15) is 14.0 Å². The van der Waals surface area contributed by atoms with E-state index in [2.05, 4.69) is 18.2 Å². The fraction of sp³-hybridized carbons (Fsp3) is 0.481. The Morgan fingerprint density at radius 3 is 2.44 bits per heavy atom. The molecule has 4 nitrogen and oxygen atoms in total. The largest absolute Gasteiger partial charge is 0.337 e. The molecule has 0 spiro atoms. The number of nitrogens with zero attached hydrogens (tertiary/aromatic N) is 2. The SMILES string of the molecule is O=C(Cc1ccc2c(c1)CCCC2)N1CC[C@@H]2[C@H]1CCCC(=O)N2Cc1ccc(F)cc1. The molecule has 5 rings (SSSR count). The smallest absolute Gasteiger partial charge is 0.227 e. The van der Waals surface area contributed by atoms with Gasteiger partial charge in [0.05, 0.1) is 18.5 Å². The minimum Gasteiger partial charge on any atom is -0.337 e. The van der Waals surface area contributed by atoms with Gasteiger partial charge in [-0.3, -0.25) is 9.59 Å². The van der Waals surface area contributed by atoms with E-state index in [1.807, 2.05) is 9.80 Å². The Morgan fingerprint density at radius 2 is 1.62 bits per heavy atom. The molecule has 3 aliphatic rings. The van der Waals surface area contributed by atoms with Crippen LogP contribution in [0, 0.1) is 5.82 Å². The van der Waals surface area contributed by atoms with Crippen molar-refractivity contribution in [2.75, 3.05) is 6.54 Å². The van der Waals surface area contributed by atoms with Crippen LogP contribution < -0.4 is 0 Å². The van der Waals surface area contributed by atoms with Crippen molar-refractivity contribution in [1.29, 1.82) is 0 Å². The number of aryl methyl sites for hydroxylation is 2. The predicted molar refractivity (Wildman–Crippen MR) is 121 cm³/mol. The molecule has 2 fully saturated rings. The van der Waals surface area contributed by atoms with Crippen LogP contribution in [0.1, 0.15) is 60.8 Å². The molecular weight excluding hydrogens is 403 g/mol. The van der Waals surface area contributed by atoms with Crippen LogP contribution in [-0.2, 0) is 35.4 Å². The molecule has 168 valence electrons. The van der Waals surface area contributed by atoms with Gasteiger partial charge in [0, 0.05) is 19.5 Å². The summed E-state index contributed by atoms with van der Waals surface area (Å²) >= 11 is 0. The summed E-state index contributed by atoms with van der Waals surface area (Å²) in [4.78, 5) is 30.2. The van der Waals surface area contributed by atoms with Crippen LogP contribution in [0.25, 0.3) is 0 Å². The standard InChI is InChI=1S/C27H31FN2O2/c28-23-12-9-19(10-13-23)18-30-25-14-15-29(24(25)6-3-7-26(30)31)27(32)17-20-8-11-21-4-1-2-5-22(21)16-20/h8-13,16,24-25H,1-7,14-15,17-18H2/t24-,25-/m1/s1. The molecule has 0 aromatic heterocycles. The molecule has 1 aliphatic carbocycles. The maximum Gasteiger partial charge on any atom is 0.227 e. The Bertz CT molecular complexity index is 1000. The van der Waals surface area contributed by atoms with E-state index in [0.717, 1.165) is 43.2 Å². The summed E-state index contributed by atoms with van der Waals surface area (Å²) in [6.07, 6.45) is 8.20. The third-order valence-electron chi connectivity index (χ3n) is 7.48. The van der Waals surface area contributed by atoms with Gasteiger partial charge in [-0.1, -0.05) is 30.3 Å². The zero-order valence-electron chi connectivity index (χ0n) is 18.6. The van der Waals surface area contributed by atoms with Crippen molar-refractivity contribution in [2.24, 2.45) is 0 Å². The van der Waals surface area contributed by atoms with Crippen LogP contribution in [0.2, 0.25) is 0 Å². The minimum atomic E-state index is -0.270. The number of benzene rings is 2. The number of hydrogen-bond donors (Lipinski definition) is 0. The average Bonchev–Trinajstić information content (AvgIpc) is 3.15. The molecule has 2 aliphatic heterocycles. The van der Waals surface area contributed by atoms with E-state index in [-0.39, 0.29) is 29.7 Å². The number of fused-ring (bicyclic) bond motifs is 2. The first kappa shape index (κ1) is 21.2. The third-order valence-corrected chi connectivity index (χ3v) is 7.48. The van der Waals surface area contributed by atoms with Crippen molar-refractivity contribution in [1.82, 2.24) is 9.80 Å². The molecule has 2 atom stereocenters. The fourth-order valence-corrected chi connectivity index (χ4v) is 5.81. The molecule has 0 bridgehead atoms. The Hall–Kier alpha value is -2.69. The molecule has 0 unspecified atom stereocenters. The molecule has 5 heteroatoms. The first-order valence-electron chi connectivity index (χ1n) is 12.0. The van der Waals surface area contributed by atoms with Gasteiger partial charge in [0.2, 0.25) is 11.8 Å². The van der Waals surface area contributed by atoms with Crippen LogP contribution in [0.4, 0.5) is 4.39 Å². The van der Waals surface area contributed by atoms with Crippen molar-refractivity contribution < 1.29 is 14.0 Å². The first-order valence-corrected chi connectivity index (χ1v) is 12.0. The highest BCUT2D eigenvalue weighted by Crippen LogP contribution is 2.32. The summed E-state index contributed by atoms with van der Waals surface area (Å²) in [7, 11) is 0. The van der Waals surface area contributed by atoms with E-state index in [4.69, 9.17) is 0 Å². The number of likely N-dealkylation sites (tertiary alicyclic amines) is 2. The summed E-state index contributed by atoms with van der Waals surface area (Å²) in [5, 5.41) is 0. The number of carbonyl (C=O) groups is 2. The number of hydrogen-bond acceptors (Lipinski definition) is 2. The number of amides is 2. The number of halogens is 1. The zero-order chi connectivity index (χ0) is 22.1. The van der Waals surface area contributed by atoms with Gasteiger partial charge in [-0.15, -0.1) is 0 Å². The normalized spacial score (nSPS) is 23.0. The van der Waals surface area contributed by atoms with Gasteiger partial charge in [0.1, 0.15) is 5.82 Å². The highest BCUT2D eigenvalue weighted by molar-refractivity contribution is 5.81. The monoisotopic (exact) mass is 434 g/mol. The molecule has 32 heavy (non-hydrogen) atoms. The van der Waals surface area contributed by atoms with Gasteiger partial charge >= 0.3 is 0 Å². The number of rotatable bonds is 4. The molecule has 2 heterocycles. The lowest BCUT2D eigenvalue weighted by Gasteiger charge is -2.33. The molecule has 2 aromatic carbocycles. The van der Waals surface area contributed by atoms with Crippen molar-refractivity contribution in [2.45, 2.75) is 76.4 Å². The van der Waals surface area contributed by atoms with E-state index in [0.29, 0.717) is 25.9 Å². The second-order valence-corrected chi connectivity index (χ2v) is 9.54. The Morgan fingerprint density at radius 1 is 0.875 bits per heavy atom. The quantitative estimate of drug-likeness (QED) is 0.714.